The Morgan fingerprint density at radius 2 is 1.67 bits per heavy atom. The number of methoxy groups -OCH3 is 2. The number of benzene rings is 2. The minimum Gasteiger partial charge on any atom is -0.493 e. The molecule has 3 rings (SSSR count). The summed E-state index contributed by atoms with van der Waals surface area (Å²) in [7, 11) is 3.09. The van der Waals surface area contributed by atoms with Crippen molar-refractivity contribution >= 4 is 28.4 Å². The van der Waals surface area contributed by atoms with Crippen LogP contribution in [0.15, 0.2) is 53.9 Å². The van der Waals surface area contributed by atoms with Crippen molar-refractivity contribution in [3.8, 4) is 22.6 Å². The second kappa shape index (κ2) is 10.4. The van der Waals surface area contributed by atoms with Gasteiger partial charge in [-0.3, -0.25) is 5.32 Å². The first-order chi connectivity index (χ1) is 15.7. The Kier molecular flexibility index (Phi) is 7.60. The fourth-order valence-corrected chi connectivity index (χ4v) is 4.00. The standard InChI is InChI=1S/C25H27NO6S/c1-25(2,3)32-24(28)26-22-21(23(27)31-14-16-9-7-6-8-10-16)18(15-33-22)17-11-12-19(29-4)20(13-17)30-5/h6-13,15H,14H2,1-5H3,(H,26,28). The van der Waals surface area contributed by atoms with Gasteiger partial charge >= 0.3 is 12.1 Å². The predicted molar refractivity (Wildman–Crippen MR) is 128 cm³/mol. The molecule has 0 aliphatic carbocycles. The van der Waals surface area contributed by atoms with E-state index < -0.39 is 17.7 Å². The van der Waals surface area contributed by atoms with Crippen LogP contribution in [0.4, 0.5) is 9.80 Å². The smallest absolute Gasteiger partial charge is 0.412 e. The minimum atomic E-state index is -0.679. The van der Waals surface area contributed by atoms with Crippen molar-refractivity contribution in [1.82, 2.24) is 0 Å². The molecule has 0 unspecified atom stereocenters. The molecular weight excluding hydrogens is 442 g/mol. The summed E-state index contributed by atoms with van der Waals surface area (Å²) in [4.78, 5) is 25.6. The fourth-order valence-electron chi connectivity index (χ4n) is 3.06. The van der Waals surface area contributed by atoms with Crippen LogP contribution in [-0.4, -0.2) is 31.9 Å². The zero-order valence-corrected chi connectivity index (χ0v) is 20.1. The molecule has 174 valence electrons. The van der Waals surface area contributed by atoms with Crippen LogP contribution in [0.25, 0.3) is 11.1 Å². The van der Waals surface area contributed by atoms with Gasteiger partial charge < -0.3 is 18.9 Å². The van der Waals surface area contributed by atoms with E-state index >= 15 is 0 Å². The average molecular weight is 470 g/mol. The van der Waals surface area contributed by atoms with Gasteiger partial charge in [-0.15, -0.1) is 11.3 Å². The molecule has 0 bridgehead atoms. The van der Waals surface area contributed by atoms with Crippen LogP contribution in [-0.2, 0) is 16.1 Å². The summed E-state index contributed by atoms with van der Waals surface area (Å²) >= 11 is 1.21. The van der Waals surface area contributed by atoms with Crippen LogP contribution < -0.4 is 14.8 Å². The van der Waals surface area contributed by atoms with Crippen molar-refractivity contribution in [3.63, 3.8) is 0 Å². The van der Waals surface area contributed by atoms with E-state index in [-0.39, 0.29) is 12.2 Å². The van der Waals surface area contributed by atoms with Crippen molar-refractivity contribution < 1.29 is 28.5 Å². The second-order valence-corrected chi connectivity index (χ2v) is 8.99. The first-order valence-electron chi connectivity index (χ1n) is 10.3. The van der Waals surface area contributed by atoms with Crippen LogP contribution in [0.3, 0.4) is 0 Å². The highest BCUT2D eigenvalue weighted by Crippen LogP contribution is 2.40. The van der Waals surface area contributed by atoms with E-state index in [0.29, 0.717) is 27.6 Å². The van der Waals surface area contributed by atoms with Gasteiger partial charge in [0.15, 0.2) is 11.5 Å². The number of amides is 1. The van der Waals surface area contributed by atoms with E-state index in [4.69, 9.17) is 18.9 Å². The molecule has 0 saturated carbocycles. The largest absolute Gasteiger partial charge is 0.493 e. The van der Waals surface area contributed by atoms with Gasteiger partial charge in [-0.2, -0.15) is 0 Å². The van der Waals surface area contributed by atoms with Crippen molar-refractivity contribution in [2.24, 2.45) is 0 Å². The Morgan fingerprint density at radius 1 is 0.970 bits per heavy atom. The number of ether oxygens (including phenoxy) is 4. The summed E-state index contributed by atoms with van der Waals surface area (Å²) < 4.78 is 21.6. The molecule has 1 aromatic heterocycles. The molecule has 0 radical (unpaired) electrons. The Bertz CT molecular complexity index is 1120. The number of rotatable bonds is 7. The molecule has 0 aliphatic rings. The molecule has 1 N–H and O–H groups in total. The summed E-state index contributed by atoms with van der Waals surface area (Å²) in [5.74, 6) is 0.527. The lowest BCUT2D eigenvalue weighted by molar-refractivity contribution is 0.0475. The molecule has 2 aromatic carbocycles. The molecule has 1 amide bonds. The maximum atomic E-state index is 13.2. The number of nitrogens with one attached hydrogen (secondary N) is 1. The van der Waals surface area contributed by atoms with Gasteiger partial charge in [-0.05, 0) is 44.0 Å². The molecule has 0 fully saturated rings. The first kappa shape index (κ1) is 24.1. The molecule has 8 heteroatoms. The summed E-state index contributed by atoms with van der Waals surface area (Å²) in [5, 5.41) is 4.81. The van der Waals surface area contributed by atoms with Gasteiger partial charge in [-0.1, -0.05) is 36.4 Å². The zero-order chi connectivity index (χ0) is 24.0. The van der Waals surface area contributed by atoms with Gasteiger partial charge in [0.25, 0.3) is 0 Å². The number of thiophene rings is 1. The number of hydrogen-bond donors (Lipinski definition) is 1. The highest BCUT2D eigenvalue weighted by molar-refractivity contribution is 7.15. The monoisotopic (exact) mass is 469 g/mol. The number of hydrogen-bond acceptors (Lipinski definition) is 7. The summed E-state index contributed by atoms with van der Waals surface area (Å²) in [6.45, 7) is 5.41. The lowest BCUT2D eigenvalue weighted by Gasteiger charge is -2.19. The Hall–Kier alpha value is -3.52. The van der Waals surface area contributed by atoms with Gasteiger partial charge in [-0.25, -0.2) is 9.59 Å². The van der Waals surface area contributed by atoms with Gasteiger partial charge in [0.1, 0.15) is 22.8 Å². The third-order valence-electron chi connectivity index (χ3n) is 4.52. The van der Waals surface area contributed by atoms with E-state index in [0.717, 1.165) is 5.56 Å². The fraction of sp³-hybridized carbons (Fsp3) is 0.280. The number of esters is 1. The molecule has 0 spiro atoms. The highest BCUT2D eigenvalue weighted by atomic mass is 32.1. The first-order valence-corrected chi connectivity index (χ1v) is 11.1. The molecule has 0 aliphatic heterocycles. The minimum absolute atomic E-state index is 0.104. The molecule has 0 atom stereocenters. The van der Waals surface area contributed by atoms with Crippen LogP contribution in [0.2, 0.25) is 0 Å². The van der Waals surface area contributed by atoms with E-state index in [2.05, 4.69) is 5.32 Å². The Balaban J connectivity index is 1.96. The third-order valence-corrected chi connectivity index (χ3v) is 5.41. The lowest BCUT2D eigenvalue weighted by atomic mass is 10.0. The quantitative estimate of drug-likeness (QED) is 0.419. The van der Waals surface area contributed by atoms with Crippen molar-refractivity contribution in [3.05, 3.63) is 65.0 Å². The molecule has 1 heterocycles. The van der Waals surface area contributed by atoms with E-state index in [1.807, 2.05) is 36.4 Å². The Labute approximate surface area is 197 Å². The number of carbonyl (C=O) groups is 2. The Morgan fingerprint density at radius 3 is 2.30 bits per heavy atom. The van der Waals surface area contributed by atoms with Crippen LogP contribution >= 0.6 is 11.3 Å². The maximum absolute atomic E-state index is 13.2. The van der Waals surface area contributed by atoms with Crippen LogP contribution in [0.5, 0.6) is 11.5 Å². The summed E-state index contributed by atoms with van der Waals surface area (Å²) in [6, 6.07) is 14.7. The number of anilines is 1. The van der Waals surface area contributed by atoms with Crippen molar-refractivity contribution in [2.45, 2.75) is 33.0 Å². The predicted octanol–water partition coefficient (Wildman–Crippen LogP) is 6.14. The van der Waals surface area contributed by atoms with Crippen molar-refractivity contribution in [2.75, 3.05) is 19.5 Å². The number of carbonyl (C=O) groups excluding carboxylic acids is 2. The maximum Gasteiger partial charge on any atom is 0.412 e. The molecular formula is C25H27NO6S. The van der Waals surface area contributed by atoms with Crippen LogP contribution in [0.1, 0.15) is 36.7 Å². The van der Waals surface area contributed by atoms with E-state index in [1.165, 1.54) is 11.3 Å². The highest BCUT2D eigenvalue weighted by Gasteiger charge is 2.25. The van der Waals surface area contributed by atoms with E-state index in [9.17, 15) is 9.59 Å². The van der Waals surface area contributed by atoms with Gasteiger partial charge in [0.2, 0.25) is 0 Å². The topological polar surface area (TPSA) is 83.1 Å². The third kappa shape index (κ3) is 6.26. The average Bonchev–Trinajstić information content (AvgIpc) is 3.19. The summed E-state index contributed by atoms with van der Waals surface area (Å²) in [5.41, 5.74) is 1.74. The lowest BCUT2D eigenvalue weighted by Crippen LogP contribution is -2.27. The molecule has 3 aromatic rings. The van der Waals surface area contributed by atoms with Crippen LogP contribution in [0, 0.1) is 0 Å². The molecule has 33 heavy (non-hydrogen) atoms. The van der Waals surface area contributed by atoms with Gasteiger partial charge in [0.05, 0.1) is 14.2 Å². The molecule has 0 saturated heterocycles. The second-order valence-electron chi connectivity index (χ2n) is 8.11. The summed E-state index contributed by atoms with van der Waals surface area (Å²) in [6.07, 6.45) is -0.652. The molecule has 7 nitrogen and oxygen atoms in total. The SMILES string of the molecule is COc1ccc(-c2csc(NC(=O)OC(C)(C)C)c2C(=O)OCc2ccccc2)cc1OC. The normalized spacial score (nSPS) is 10.9. The zero-order valence-electron chi connectivity index (χ0n) is 19.3. The van der Waals surface area contributed by atoms with Gasteiger partial charge in [0, 0.05) is 10.9 Å². The van der Waals surface area contributed by atoms with Crippen molar-refractivity contribution in [1.29, 1.82) is 0 Å². The van der Waals surface area contributed by atoms with E-state index in [1.54, 1.807) is 52.5 Å².